The van der Waals surface area contributed by atoms with Crippen LogP contribution in [0.25, 0.3) is 0 Å². The van der Waals surface area contributed by atoms with E-state index in [-0.39, 0.29) is 6.17 Å². The van der Waals surface area contributed by atoms with Gasteiger partial charge in [0.25, 0.3) is 0 Å². The lowest BCUT2D eigenvalue weighted by atomic mass is 9.71. The molecular weight excluding hydrogens is 355 g/mol. The van der Waals surface area contributed by atoms with Gasteiger partial charge in [0.1, 0.15) is 6.17 Å². The Morgan fingerprint density at radius 2 is 1.86 bits per heavy atom. The third-order valence-electron chi connectivity index (χ3n) is 8.34. The van der Waals surface area contributed by atoms with E-state index in [1.165, 1.54) is 32.1 Å². The highest BCUT2D eigenvalue weighted by molar-refractivity contribution is 5.02. The molecule has 0 spiro atoms. The van der Waals surface area contributed by atoms with Crippen molar-refractivity contribution < 1.29 is 9.23 Å². The van der Waals surface area contributed by atoms with Gasteiger partial charge in [0.2, 0.25) is 0 Å². The molecule has 3 N–H and O–H groups in total. The molecule has 5 rings (SSSR count). The predicted octanol–water partition coefficient (Wildman–Crippen LogP) is 2.72. The molecule has 9 atom stereocenters. The Labute approximate surface area is 169 Å². The van der Waals surface area contributed by atoms with E-state index in [9.17, 15) is 4.39 Å². The number of rotatable bonds is 0. The molecule has 1 saturated carbocycles. The molecule has 5 nitrogen and oxygen atoms in total. The number of halogens is 1. The van der Waals surface area contributed by atoms with E-state index in [1.54, 1.807) is 0 Å². The SMILES string of the molecule is C[C@@H]1CCCC2CCC(F)CC2[C@@H]2CCON2C2CCC3NCCC(N1)C3N2. The van der Waals surface area contributed by atoms with Crippen LogP contribution < -0.4 is 16.0 Å². The molecule has 0 aromatic heterocycles. The van der Waals surface area contributed by atoms with Crippen LogP contribution in [0.5, 0.6) is 0 Å². The molecule has 160 valence electrons. The zero-order valence-corrected chi connectivity index (χ0v) is 17.4. The summed E-state index contributed by atoms with van der Waals surface area (Å²) >= 11 is 0. The van der Waals surface area contributed by atoms with E-state index in [2.05, 4.69) is 27.9 Å². The van der Waals surface area contributed by atoms with Crippen LogP contribution in [0.3, 0.4) is 0 Å². The fourth-order valence-electron chi connectivity index (χ4n) is 6.96. The number of hydroxylamine groups is 2. The van der Waals surface area contributed by atoms with E-state index in [1.807, 2.05) is 0 Å². The van der Waals surface area contributed by atoms with Gasteiger partial charge < -0.3 is 10.6 Å². The number of nitrogens with one attached hydrogen (secondary N) is 3. The maximum absolute atomic E-state index is 14.4. The minimum absolute atomic E-state index is 0.273. The lowest BCUT2D eigenvalue weighted by Gasteiger charge is -2.49. The van der Waals surface area contributed by atoms with Crippen LogP contribution in [0.4, 0.5) is 4.39 Å². The summed E-state index contributed by atoms with van der Waals surface area (Å²) in [6.45, 7) is 4.27. The number of piperidine rings is 2. The fourth-order valence-corrected chi connectivity index (χ4v) is 6.96. The molecule has 4 heterocycles. The van der Waals surface area contributed by atoms with Crippen LogP contribution in [-0.2, 0) is 4.84 Å². The molecule has 4 aliphatic heterocycles. The Morgan fingerprint density at radius 1 is 0.929 bits per heavy atom. The van der Waals surface area contributed by atoms with Crippen molar-refractivity contribution in [2.75, 3.05) is 13.2 Å². The maximum Gasteiger partial charge on any atom is 0.100 e. The Bertz CT molecular complexity index is 537. The van der Waals surface area contributed by atoms with Gasteiger partial charge in [-0.3, -0.25) is 10.2 Å². The van der Waals surface area contributed by atoms with Gasteiger partial charge in [0.15, 0.2) is 0 Å². The van der Waals surface area contributed by atoms with Crippen LogP contribution in [0, 0.1) is 11.8 Å². The van der Waals surface area contributed by atoms with Crippen LogP contribution in [0.15, 0.2) is 0 Å². The standard InChI is InChI=1S/C22H39FN4O/c1-14-3-2-4-15-5-6-16(23)13-17(15)20-10-12-28-27(20)21-8-7-18-22(26-21)19(25-14)9-11-24-18/h14-22,24-26H,2-13H2,1H3/t14-,15?,16?,17?,18?,19?,20+,21?,22?/m1/s1. The highest BCUT2D eigenvalue weighted by Crippen LogP contribution is 2.42. The highest BCUT2D eigenvalue weighted by Gasteiger charge is 2.46. The van der Waals surface area contributed by atoms with Crippen molar-refractivity contribution in [2.24, 2.45) is 11.8 Å². The Morgan fingerprint density at radius 3 is 2.79 bits per heavy atom. The van der Waals surface area contributed by atoms with Gasteiger partial charge in [-0.05, 0) is 76.7 Å². The zero-order valence-electron chi connectivity index (χ0n) is 17.4. The molecule has 5 fully saturated rings. The second-order valence-corrected chi connectivity index (χ2v) is 10.1. The second-order valence-electron chi connectivity index (χ2n) is 10.1. The lowest BCUT2D eigenvalue weighted by Crippen LogP contribution is -2.70. The Kier molecular flexibility index (Phi) is 5.95. The monoisotopic (exact) mass is 394 g/mol. The number of hydrogen-bond acceptors (Lipinski definition) is 5. The summed E-state index contributed by atoms with van der Waals surface area (Å²) in [5.41, 5.74) is 0. The van der Waals surface area contributed by atoms with Crippen molar-refractivity contribution in [1.29, 1.82) is 0 Å². The third-order valence-corrected chi connectivity index (χ3v) is 8.34. The molecule has 28 heavy (non-hydrogen) atoms. The minimum Gasteiger partial charge on any atom is -0.312 e. The molecule has 4 saturated heterocycles. The maximum atomic E-state index is 14.4. The number of alkyl halides is 1. The summed E-state index contributed by atoms with van der Waals surface area (Å²) < 4.78 is 14.4. The van der Waals surface area contributed by atoms with Crippen LogP contribution in [0.2, 0.25) is 0 Å². The second kappa shape index (κ2) is 8.46. The van der Waals surface area contributed by atoms with Gasteiger partial charge in [-0.15, -0.1) is 0 Å². The van der Waals surface area contributed by atoms with E-state index < -0.39 is 6.17 Å². The topological polar surface area (TPSA) is 48.6 Å². The first-order chi connectivity index (χ1) is 13.7. The molecule has 0 radical (unpaired) electrons. The highest BCUT2D eigenvalue weighted by atomic mass is 19.1. The van der Waals surface area contributed by atoms with Crippen LogP contribution >= 0.6 is 0 Å². The lowest BCUT2D eigenvalue weighted by molar-refractivity contribution is -0.195. The molecule has 7 unspecified atom stereocenters. The molecule has 0 aromatic carbocycles. The minimum atomic E-state index is -0.615. The smallest absolute Gasteiger partial charge is 0.100 e. The fraction of sp³-hybridized carbons (Fsp3) is 1.00. The first-order valence-electron chi connectivity index (χ1n) is 12.0. The van der Waals surface area contributed by atoms with Gasteiger partial charge in [-0.1, -0.05) is 12.8 Å². The molecule has 2 bridgehead atoms. The van der Waals surface area contributed by atoms with Crippen molar-refractivity contribution in [2.45, 2.75) is 114 Å². The molecule has 1 aliphatic carbocycles. The van der Waals surface area contributed by atoms with Gasteiger partial charge in [0, 0.05) is 30.2 Å². The van der Waals surface area contributed by atoms with Gasteiger partial charge >= 0.3 is 0 Å². The van der Waals surface area contributed by atoms with Crippen LogP contribution in [0.1, 0.15) is 71.1 Å². The molecular formula is C22H39FN4O. The van der Waals surface area contributed by atoms with E-state index in [4.69, 9.17) is 4.84 Å². The molecule has 5 aliphatic rings. The summed E-state index contributed by atoms with van der Waals surface area (Å²) in [6.07, 6.45) is 10.5. The number of nitrogens with zero attached hydrogens (tertiary/aromatic N) is 1. The summed E-state index contributed by atoms with van der Waals surface area (Å²) in [7, 11) is 0. The van der Waals surface area contributed by atoms with Crippen molar-refractivity contribution >= 4 is 0 Å². The van der Waals surface area contributed by atoms with Gasteiger partial charge in [-0.2, -0.15) is 5.06 Å². The Hall–Kier alpha value is -0.270. The van der Waals surface area contributed by atoms with Crippen molar-refractivity contribution in [3.05, 3.63) is 0 Å². The number of hydrogen-bond donors (Lipinski definition) is 3. The molecule has 6 heteroatoms. The van der Waals surface area contributed by atoms with E-state index in [0.717, 1.165) is 45.3 Å². The van der Waals surface area contributed by atoms with Gasteiger partial charge in [0.05, 0.1) is 12.8 Å². The van der Waals surface area contributed by atoms with E-state index in [0.29, 0.717) is 42.0 Å². The number of fused-ring (bicyclic) bond motifs is 5. The van der Waals surface area contributed by atoms with E-state index >= 15 is 0 Å². The van der Waals surface area contributed by atoms with Gasteiger partial charge in [-0.25, -0.2) is 4.39 Å². The summed E-state index contributed by atoms with van der Waals surface area (Å²) in [5.74, 6) is 1.12. The zero-order chi connectivity index (χ0) is 19.1. The Balaban J connectivity index is 1.41. The normalized spacial score (nSPS) is 50.6. The quantitative estimate of drug-likeness (QED) is 0.590. The largest absolute Gasteiger partial charge is 0.312 e. The van der Waals surface area contributed by atoms with Crippen molar-refractivity contribution in [1.82, 2.24) is 21.0 Å². The first-order valence-corrected chi connectivity index (χ1v) is 12.0. The third kappa shape index (κ3) is 3.87. The average Bonchev–Trinajstić information content (AvgIpc) is 3.18. The van der Waals surface area contributed by atoms with Crippen molar-refractivity contribution in [3.8, 4) is 0 Å². The van der Waals surface area contributed by atoms with Crippen LogP contribution in [-0.4, -0.2) is 60.8 Å². The molecule has 0 amide bonds. The average molecular weight is 395 g/mol. The summed E-state index contributed by atoms with van der Waals surface area (Å²) in [5, 5.41) is 14.0. The predicted molar refractivity (Wildman–Crippen MR) is 109 cm³/mol. The summed E-state index contributed by atoms with van der Waals surface area (Å²) in [6, 6.07) is 2.48. The summed E-state index contributed by atoms with van der Waals surface area (Å²) in [4.78, 5) is 6.21. The van der Waals surface area contributed by atoms with Crippen molar-refractivity contribution in [3.63, 3.8) is 0 Å². The molecule has 0 aromatic rings. The first kappa shape index (κ1) is 19.7.